The van der Waals surface area contributed by atoms with Crippen molar-refractivity contribution in [1.82, 2.24) is 4.57 Å². The Hall–Kier alpha value is -4.30. The molecule has 0 amide bonds. The largest absolute Gasteiger partial charge is 0.342 e. The van der Waals surface area contributed by atoms with Crippen LogP contribution in [0.5, 0.6) is 0 Å². The topological polar surface area (TPSA) is 8.17 Å². The summed E-state index contributed by atoms with van der Waals surface area (Å²) in [5.74, 6) is 0. The van der Waals surface area contributed by atoms with Crippen LogP contribution in [0.2, 0.25) is 0 Å². The highest BCUT2D eigenvalue weighted by atomic mass is 15.2. The molecule has 0 spiro atoms. The molecular formula is C31H22N2. The number of hydrogen-bond acceptors (Lipinski definition) is 1. The standard InChI is InChI=1S/C31H22N2/c1-32-28-17-9-7-16-25(28)27-20-19-26-23-14-6-5-13-22(23)24-15-8-10-18-29(24)33(31(26)30(27)32)21-11-3-2-4-12-21/h2-20H,1H3. The molecule has 0 N–H and O–H groups in total. The van der Waals surface area contributed by atoms with Crippen LogP contribution in [-0.4, -0.2) is 4.57 Å². The fraction of sp³-hybridized carbons (Fsp3) is 0.0323. The van der Waals surface area contributed by atoms with Gasteiger partial charge in [0.1, 0.15) is 0 Å². The maximum absolute atomic E-state index is 2.45. The Morgan fingerprint density at radius 3 is 1.94 bits per heavy atom. The predicted molar refractivity (Wildman–Crippen MR) is 140 cm³/mol. The van der Waals surface area contributed by atoms with E-state index in [1.807, 2.05) is 0 Å². The second-order valence-corrected chi connectivity index (χ2v) is 8.67. The first-order valence-electron chi connectivity index (χ1n) is 11.4. The molecular weight excluding hydrogens is 400 g/mol. The van der Waals surface area contributed by atoms with Crippen LogP contribution in [0, 0.1) is 0 Å². The molecule has 1 aliphatic rings. The summed E-state index contributed by atoms with van der Waals surface area (Å²) in [5.41, 5.74) is 11.1. The van der Waals surface area contributed by atoms with Crippen LogP contribution < -0.4 is 4.90 Å². The molecule has 2 heterocycles. The molecule has 0 bridgehead atoms. The van der Waals surface area contributed by atoms with E-state index in [0.29, 0.717) is 0 Å². The predicted octanol–water partition coefficient (Wildman–Crippen LogP) is 8.45. The second kappa shape index (κ2) is 6.85. The first-order chi connectivity index (χ1) is 16.3. The van der Waals surface area contributed by atoms with Gasteiger partial charge in [-0.15, -0.1) is 0 Å². The quantitative estimate of drug-likeness (QED) is 0.258. The van der Waals surface area contributed by atoms with E-state index in [1.165, 1.54) is 55.4 Å². The van der Waals surface area contributed by atoms with E-state index >= 15 is 0 Å². The number of nitrogens with zero attached hydrogens (tertiary/aromatic N) is 2. The highest BCUT2D eigenvalue weighted by Gasteiger charge is 2.29. The molecule has 156 valence electrons. The average molecular weight is 423 g/mol. The molecule has 0 unspecified atom stereocenters. The summed E-state index contributed by atoms with van der Waals surface area (Å²) in [5, 5.41) is 2.57. The van der Waals surface area contributed by atoms with E-state index in [4.69, 9.17) is 0 Å². The van der Waals surface area contributed by atoms with Crippen LogP contribution in [-0.2, 0) is 7.05 Å². The summed E-state index contributed by atoms with van der Waals surface area (Å²) < 4.78 is 2.36. The number of fused-ring (bicyclic) bond motifs is 9. The molecule has 0 aliphatic carbocycles. The maximum Gasteiger partial charge on any atom is 0.0784 e. The molecule has 1 aliphatic heterocycles. The fourth-order valence-corrected chi connectivity index (χ4v) is 5.51. The van der Waals surface area contributed by atoms with Crippen LogP contribution >= 0.6 is 0 Å². The van der Waals surface area contributed by atoms with Gasteiger partial charge in [-0.1, -0.05) is 91.0 Å². The summed E-state index contributed by atoms with van der Waals surface area (Å²) in [6.07, 6.45) is 0. The molecule has 0 radical (unpaired) electrons. The van der Waals surface area contributed by atoms with Crippen LogP contribution in [0.15, 0.2) is 115 Å². The number of aromatic nitrogens is 1. The van der Waals surface area contributed by atoms with Crippen molar-refractivity contribution >= 4 is 38.9 Å². The van der Waals surface area contributed by atoms with Crippen LogP contribution in [0.4, 0.5) is 17.1 Å². The van der Waals surface area contributed by atoms with Gasteiger partial charge in [-0.05, 0) is 35.4 Å². The van der Waals surface area contributed by atoms with Crippen molar-refractivity contribution in [3.8, 4) is 22.3 Å². The first-order valence-corrected chi connectivity index (χ1v) is 11.4. The van der Waals surface area contributed by atoms with E-state index in [2.05, 4.69) is 132 Å². The van der Waals surface area contributed by atoms with Gasteiger partial charge in [0.2, 0.25) is 0 Å². The molecule has 1 aromatic heterocycles. The van der Waals surface area contributed by atoms with Crippen molar-refractivity contribution in [3.05, 3.63) is 115 Å². The summed E-state index contributed by atoms with van der Waals surface area (Å²) >= 11 is 0. The van der Waals surface area contributed by atoms with Gasteiger partial charge in [-0.2, -0.15) is 0 Å². The van der Waals surface area contributed by atoms with Crippen molar-refractivity contribution in [2.75, 3.05) is 4.90 Å². The Kier molecular flexibility index (Phi) is 3.80. The number of hydrogen-bond donors (Lipinski definition) is 0. The summed E-state index contributed by atoms with van der Waals surface area (Å²) in [7, 11) is 2.19. The molecule has 0 fully saturated rings. The van der Waals surface area contributed by atoms with Crippen molar-refractivity contribution in [2.45, 2.75) is 0 Å². The molecule has 6 aromatic rings. The maximum atomic E-state index is 2.45. The van der Waals surface area contributed by atoms with Crippen LogP contribution in [0.3, 0.4) is 0 Å². The third-order valence-electron chi connectivity index (χ3n) is 6.93. The van der Waals surface area contributed by atoms with Crippen molar-refractivity contribution in [1.29, 1.82) is 0 Å². The molecule has 0 saturated carbocycles. The third kappa shape index (κ3) is 2.49. The lowest BCUT2D eigenvalue weighted by atomic mass is 9.94. The molecule has 2 nitrogen and oxygen atoms in total. The Bertz CT molecular complexity index is 1670. The van der Waals surface area contributed by atoms with Gasteiger partial charge in [0.05, 0.1) is 16.9 Å². The van der Waals surface area contributed by atoms with Crippen molar-refractivity contribution < 1.29 is 0 Å². The molecule has 5 aromatic carbocycles. The number of para-hydroxylation sites is 3. The van der Waals surface area contributed by atoms with E-state index in [1.54, 1.807) is 0 Å². The molecule has 0 atom stereocenters. The Balaban J connectivity index is 1.74. The lowest BCUT2D eigenvalue weighted by Crippen LogP contribution is -2.12. The zero-order valence-corrected chi connectivity index (χ0v) is 18.4. The van der Waals surface area contributed by atoms with E-state index in [-0.39, 0.29) is 0 Å². The molecule has 7 rings (SSSR count). The van der Waals surface area contributed by atoms with Gasteiger partial charge in [0.25, 0.3) is 0 Å². The molecule has 0 saturated heterocycles. The highest BCUT2D eigenvalue weighted by molar-refractivity contribution is 6.18. The van der Waals surface area contributed by atoms with E-state index in [0.717, 1.165) is 5.69 Å². The second-order valence-electron chi connectivity index (χ2n) is 8.67. The van der Waals surface area contributed by atoms with Gasteiger partial charge in [0.15, 0.2) is 0 Å². The normalized spacial score (nSPS) is 12.3. The number of aryl methyl sites for hydroxylation is 1. The van der Waals surface area contributed by atoms with Gasteiger partial charge in [0, 0.05) is 40.2 Å². The lowest BCUT2D eigenvalue weighted by Gasteiger charge is -2.28. The Morgan fingerprint density at radius 2 is 1.12 bits per heavy atom. The minimum Gasteiger partial charge on any atom is -0.342 e. The number of rotatable bonds is 1. The fourth-order valence-electron chi connectivity index (χ4n) is 5.51. The zero-order chi connectivity index (χ0) is 21.9. The van der Waals surface area contributed by atoms with Crippen LogP contribution in [0.1, 0.15) is 0 Å². The number of anilines is 3. The Labute approximate surface area is 193 Å². The zero-order valence-electron chi connectivity index (χ0n) is 18.4. The van der Waals surface area contributed by atoms with Crippen LogP contribution in [0.25, 0.3) is 44.1 Å². The van der Waals surface area contributed by atoms with Gasteiger partial charge >= 0.3 is 0 Å². The minimum atomic E-state index is 1.16. The lowest BCUT2D eigenvalue weighted by molar-refractivity contribution is 1.01. The monoisotopic (exact) mass is 422 g/mol. The van der Waals surface area contributed by atoms with E-state index < -0.39 is 0 Å². The first kappa shape index (κ1) is 18.3. The van der Waals surface area contributed by atoms with Gasteiger partial charge in [-0.25, -0.2) is 0 Å². The summed E-state index contributed by atoms with van der Waals surface area (Å²) in [4.78, 5) is 2.45. The minimum absolute atomic E-state index is 1.16. The highest BCUT2D eigenvalue weighted by Crippen LogP contribution is 2.53. The van der Waals surface area contributed by atoms with Crippen molar-refractivity contribution in [3.63, 3.8) is 0 Å². The summed E-state index contributed by atoms with van der Waals surface area (Å²) in [6, 6.07) is 41.6. The smallest absolute Gasteiger partial charge is 0.0784 e. The molecule has 33 heavy (non-hydrogen) atoms. The average Bonchev–Trinajstić information content (AvgIpc) is 3.10. The molecule has 2 heteroatoms. The third-order valence-corrected chi connectivity index (χ3v) is 6.93. The number of benzene rings is 5. The van der Waals surface area contributed by atoms with Gasteiger partial charge < -0.3 is 9.47 Å². The van der Waals surface area contributed by atoms with E-state index in [9.17, 15) is 0 Å². The van der Waals surface area contributed by atoms with Crippen molar-refractivity contribution in [2.24, 2.45) is 7.05 Å². The van der Waals surface area contributed by atoms with Gasteiger partial charge in [-0.3, -0.25) is 0 Å². The summed E-state index contributed by atoms with van der Waals surface area (Å²) in [6.45, 7) is 0. The Morgan fingerprint density at radius 1 is 0.485 bits per heavy atom. The SMILES string of the molecule is Cn1c2ccccc2c2ccc3c(c21)N(c1ccccc1)c1ccccc1-c1ccccc1-3.